The number of rotatable bonds is 2. The molecule has 2 heteroatoms. The third-order valence-corrected chi connectivity index (χ3v) is 2.92. The number of nitrogens with one attached hydrogen (secondary N) is 1. The molecule has 0 saturated heterocycles. The molecule has 2 nitrogen and oxygen atoms in total. The molecule has 0 radical (unpaired) electrons. The van der Waals surface area contributed by atoms with Gasteiger partial charge in [-0.25, -0.2) is 4.98 Å². The first-order chi connectivity index (χ1) is 8.45. The van der Waals surface area contributed by atoms with Crippen LogP contribution in [0.5, 0.6) is 0 Å². The Hall–Kier alpha value is -1.83. The van der Waals surface area contributed by atoms with Gasteiger partial charge >= 0.3 is 0 Å². The summed E-state index contributed by atoms with van der Waals surface area (Å²) in [6.45, 7) is 8.73. The summed E-state index contributed by atoms with van der Waals surface area (Å²) in [7, 11) is 0. The summed E-state index contributed by atoms with van der Waals surface area (Å²) in [6.07, 6.45) is 1.82. The van der Waals surface area contributed by atoms with Crippen molar-refractivity contribution in [3.63, 3.8) is 0 Å². The average Bonchev–Trinajstić information content (AvgIpc) is 2.28. The van der Waals surface area contributed by atoms with Crippen molar-refractivity contribution in [3.8, 4) is 0 Å². The van der Waals surface area contributed by atoms with E-state index in [9.17, 15) is 0 Å². The standard InChI is InChI=1S/C16H20N2/c1-12-8-9-17-15(10-12)18-14-7-5-6-13(11-14)16(2,3)4/h5-11H,1-4H3,(H,17,18). The lowest BCUT2D eigenvalue weighted by Gasteiger charge is -2.20. The highest BCUT2D eigenvalue weighted by Crippen LogP contribution is 2.25. The first-order valence-corrected chi connectivity index (χ1v) is 6.25. The lowest BCUT2D eigenvalue weighted by Crippen LogP contribution is -2.11. The summed E-state index contributed by atoms with van der Waals surface area (Å²) < 4.78 is 0. The predicted molar refractivity (Wildman–Crippen MR) is 77.4 cm³/mol. The van der Waals surface area contributed by atoms with Crippen LogP contribution >= 0.6 is 0 Å². The van der Waals surface area contributed by atoms with Gasteiger partial charge in [-0.1, -0.05) is 32.9 Å². The number of aryl methyl sites for hydroxylation is 1. The first-order valence-electron chi connectivity index (χ1n) is 6.25. The minimum Gasteiger partial charge on any atom is -0.340 e. The number of pyridine rings is 1. The Kier molecular flexibility index (Phi) is 3.37. The molecular weight excluding hydrogens is 220 g/mol. The van der Waals surface area contributed by atoms with Gasteiger partial charge in [0, 0.05) is 11.9 Å². The van der Waals surface area contributed by atoms with E-state index in [1.54, 1.807) is 0 Å². The van der Waals surface area contributed by atoms with Gasteiger partial charge < -0.3 is 5.32 Å². The van der Waals surface area contributed by atoms with Gasteiger partial charge in [0.05, 0.1) is 0 Å². The maximum absolute atomic E-state index is 4.32. The fourth-order valence-electron chi connectivity index (χ4n) is 1.82. The normalized spacial score (nSPS) is 11.3. The molecule has 0 aliphatic carbocycles. The quantitative estimate of drug-likeness (QED) is 0.840. The molecular formula is C16H20N2. The van der Waals surface area contributed by atoms with Crippen LogP contribution in [-0.2, 0) is 5.41 Å². The minimum absolute atomic E-state index is 0.164. The maximum atomic E-state index is 4.32. The van der Waals surface area contributed by atoms with E-state index in [1.807, 2.05) is 18.3 Å². The van der Waals surface area contributed by atoms with Gasteiger partial charge in [-0.2, -0.15) is 0 Å². The van der Waals surface area contributed by atoms with E-state index in [-0.39, 0.29) is 5.41 Å². The van der Waals surface area contributed by atoms with Crippen LogP contribution in [0, 0.1) is 6.92 Å². The Balaban J connectivity index is 2.25. The van der Waals surface area contributed by atoms with E-state index in [1.165, 1.54) is 11.1 Å². The van der Waals surface area contributed by atoms with Gasteiger partial charge in [-0.05, 0) is 47.7 Å². The van der Waals surface area contributed by atoms with Crippen LogP contribution < -0.4 is 5.32 Å². The molecule has 0 saturated carbocycles. The summed E-state index contributed by atoms with van der Waals surface area (Å²) >= 11 is 0. The molecule has 0 aliphatic heterocycles. The molecule has 2 aromatic rings. The van der Waals surface area contributed by atoms with E-state index < -0.39 is 0 Å². The van der Waals surface area contributed by atoms with Gasteiger partial charge in [-0.15, -0.1) is 0 Å². The van der Waals surface area contributed by atoms with Crippen molar-refractivity contribution in [2.75, 3.05) is 5.32 Å². The third kappa shape index (κ3) is 3.10. The second kappa shape index (κ2) is 4.81. The second-order valence-electron chi connectivity index (χ2n) is 5.67. The number of hydrogen-bond donors (Lipinski definition) is 1. The number of anilines is 2. The predicted octanol–water partition coefficient (Wildman–Crippen LogP) is 4.43. The van der Waals surface area contributed by atoms with Gasteiger partial charge in [0.1, 0.15) is 5.82 Å². The zero-order valence-corrected chi connectivity index (χ0v) is 11.5. The molecule has 0 unspecified atom stereocenters. The number of benzene rings is 1. The Labute approximate surface area is 109 Å². The summed E-state index contributed by atoms with van der Waals surface area (Å²) in [5.74, 6) is 0.890. The number of nitrogens with zero attached hydrogens (tertiary/aromatic N) is 1. The largest absolute Gasteiger partial charge is 0.340 e. The Morgan fingerprint density at radius 2 is 1.83 bits per heavy atom. The molecule has 0 fully saturated rings. The van der Waals surface area contributed by atoms with E-state index in [2.05, 4.69) is 62.3 Å². The molecule has 0 atom stereocenters. The van der Waals surface area contributed by atoms with Crippen molar-refractivity contribution >= 4 is 11.5 Å². The second-order valence-corrected chi connectivity index (χ2v) is 5.67. The van der Waals surface area contributed by atoms with Gasteiger partial charge in [0.25, 0.3) is 0 Å². The summed E-state index contributed by atoms with van der Waals surface area (Å²) in [4.78, 5) is 4.32. The van der Waals surface area contributed by atoms with Crippen molar-refractivity contribution in [2.24, 2.45) is 0 Å². The van der Waals surface area contributed by atoms with Crippen LogP contribution in [0.4, 0.5) is 11.5 Å². The van der Waals surface area contributed by atoms with Crippen LogP contribution in [0.2, 0.25) is 0 Å². The van der Waals surface area contributed by atoms with Crippen LogP contribution in [0.3, 0.4) is 0 Å². The zero-order chi connectivity index (χ0) is 13.2. The molecule has 1 aromatic heterocycles. The number of aromatic nitrogens is 1. The molecule has 2 rings (SSSR count). The first kappa shape index (κ1) is 12.6. The molecule has 18 heavy (non-hydrogen) atoms. The molecule has 94 valence electrons. The molecule has 0 bridgehead atoms. The van der Waals surface area contributed by atoms with Crippen molar-refractivity contribution in [1.82, 2.24) is 4.98 Å². The fraction of sp³-hybridized carbons (Fsp3) is 0.312. The van der Waals surface area contributed by atoms with Crippen LogP contribution in [0.15, 0.2) is 42.6 Å². The third-order valence-electron chi connectivity index (χ3n) is 2.92. The Morgan fingerprint density at radius 3 is 2.50 bits per heavy atom. The highest BCUT2D eigenvalue weighted by Gasteiger charge is 2.13. The average molecular weight is 240 g/mol. The van der Waals surface area contributed by atoms with E-state index >= 15 is 0 Å². The molecule has 0 amide bonds. The van der Waals surface area contributed by atoms with E-state index in [4.69, 9.17) is 0 Å². The molecule has 0 spiro atoms. The van der Waals surface area contributed by atoms with Crippen molar-refractivity contribution in [2.45, 2.75) is 33.1 Å². The number of hydrogen-bond acceptors (Lipinski definition) is 2. The fourth-order valence-corrected chi connectivity index (χ4v) is 1.82. The highest BCUT2D eigenvalue weighted by molar-refractivity contribution is 5.58. The summed E-state index contributed by atoms with van der Waals surface area (Å²) in [6, 6.07) is 12.5. The lowest BCUT2D eigenvalue weighted by atomic mass is 9.87. The van der Waals surface area contributed by atoms with Gasteiger partial charge in [-0.3, -0.25) is 0 Å². The maximum Gasteiger partial charge on any atom is 0.130 e. The Bertz CT molecular complexity index is 539. The van der Waals surface area contributed by atoms with E-state index in [0.29, 0.717) is 0 Å². The SMILES string of the molecule is Cc1ccnc(Nc2cccc(C(C)(C)C)c2)c1. The minimum atomic E-state index is 0.164. The van der Waals surface area contributed by atoms with Gasteiger partial charge in [0.2, 0.25) is 0 Å². The zero-order valence-electron chi connectivity index (χ0n) is 11.5. The summed E-state index contributed by atoms with van der Waals surface area (Å²) in [5.41, 5.74) is 3.78. The van der Waals surface area contributed by atoms with Gasteiger partial charge in [0.15, 0.2) is 0 Å². The Morgan fingerprint density at radius 1 is 1.06 bits per heavy atom. The molecule has 1 heterocycles. The van der Waals surface area contributed by atoms with Crippen molar-refractivity contribution < 1.29 is 0 Å². The monoisotopic (exact) mass is 240 g/mol. The highest BCUT2D eigenvalue weighted by atomic mass is 15.0. The van der Waals surface area contributed by atoms with Crippen LogP contribution in [-0.4, -0.2) is 4.98 Å². The smallest absolute Gasteiger partial charge is 0.130 e. The van der Waals surface area contributed by atoms with Crippen LogP contribution in [0.25, 0.3) is 0 Å². The molecule has 1 aromatic carbocycles. The van der Waals surface area contributed by atoms with E-state index in [0.717, 1.165) is 11.5 Å². The van der Waals surface area contributed by atoms with Crippen molar-refractivity contribution in [1.29, 1.82) is 0 Å². The summed E-state index contributed by atoms with van der Waals surface area (Å²) in [5, 5.41) is 3.35. The van der Waals surface area contributed by atoms with Crippen molar-refractivity contribution in [3.05, 3.63) is 53.7 Å². The molecule has 1 N–H and O–H groups in total. The lowest BCUT2D eigenvalue weighted by molar-refractivity contribution is 0.590. The topological polar surface area (TPSA) is 24.9 Å². The van der Waals surface area contributed by atoms with Crippen LogP contribution in [0.1, 0.15) is 31.9 Å². The molecule has 0 aliphatic rings.